The molecule has 5 heteroatoms. The predicted octanol–water partition coefficient (Wildman–Crippen LogP) is 0.0193. The second kappa shape index (κ2) is 3.36. The number of hydrogen-bond donors (Lipinski definition) is 3. The fourth-order valence-electron chi connectivity index (χ4n) is 0.755. The summed E-state index contributed by atoms with van der Waals surface area (Å²) in [5.74, 6) is 0.269. The van der Waals surface area contributed by atoms with Gasteiger partial charge in [0.2, 0.25) is 0 Å². The maximum Gasteiger partial charge on any atom is 0.186 e. The number of ether oxygens (including phenoxy) is 1. The average molecular weight is 157 g/mol. The molecule has 5 nitrogen and oxygen atoms in total. The normalized spacial score (nSPS) is 13.3. The van der Waals surface area contributed by atoms with Gasteiger partial charge in [0.1, 0.15) is 0 Å². The Morgan fingerprint density at radius 3 is 3.09 bits per heavy atom. The zero-order valence-electron chi connectivity index (χ0n) is 6.24. The first-order valence-electron chi connectivity index (χ1n) is 3.34. The third-order valence-electron chi connectivity index (χ3n) is 1.29. The van der Waals surface area contributed by atoms with E-state index in [1.807, 2.05) is 0 Å². The number of nitrogens with two attached hydrogens (primary N) is 1. The largest absolute Gasteiger partial charge is 0.382 e. The van der Waals surface area contributed by atoms with E-state index in [0.29, 0.717) is 12.2 Å². The fourth-order valence-corrected chi connectivity index (χ4v) is 0.755. The number of aliphatic hydroxyl groups excluding tert-OH is 1. The van der Waals surface area contributed by atoms with E-state index in [4.69, 9.17) is 10.5 Å². The molecule has 0 spiro atoms. The van der Waals surface area contributed by atoms with E-state index in [-0.39, 0.29) is 5.82 Å². The minimum Gasteiger partial charge on any atom is -0.382 e. The summed E-state index contributed by atoms with van der Waals surface area (Å²) in [6.07, 6.45) is 0.536. The molecule has 1 rings (SSSR count). The minimum atomic E-state index is -0.973. The Hall–Kier alpha value is -1.07. The highest BCUT2D eigenvalue weighted by Crippen LogP contribution is 2.17. The lowest BCUT2D eigenvalue weighted by Gasteiger charge is -2.07. The molecule has 0 aromatic carbocycles. The molecule has 0 bridgehead atoms. The van der Waals surface area contributed by atoms with Crippen LogP contribution in [0.4, 0.5) is 5.82 Å². The lowest BCUT2D eigenvalue weighted by molar-refractivity contribution is -0.0974. The highest BCUT2D eigenvalue weighted by molar-refractivity contribution is 5.37. The summed E-state index contributed by atoms with van der Waals surface area (Å²) in [6, 6.07) is 0. The van der Waals surface area contributed by atoms with Crippen LogP contribution in [0.15, 0.2) is 6.20 Å². The number of H-pyrrole nitrogens is 1. The first kappa shape index (κ1) is 8.03. The summed E-state index contributed by atoms with van der Waals surface area (Å²) in [5, 5.41) is 15.4. The van der Waals surface area contributed by atoms with Gasteiger partial charge >= 0.3 is 0 Å². The van der Waals surface area contributed by atoms with Crippen LogP contribution in [0.3, 0.4) is 0 Å². The van der Waals surface area contributed by atoms with Crippen LogP contribution in [0, 0.1) is 0 Å². The predicted molar refractivity (Wildman–Crippen MR) is 39.6 cm³/mol. The number of nitrogens with one attached hydrogen (secondary N) is 1. The van der Waals surface area contributed by atoms with Gasteiger partial charge in [-0.1, -0.05) is 0 Å². The summed E-state index contributed by atoms with van der Waals surface area (Å²) in [5.41, 5.74) is 5.87. The van der Waals surface area contributed by atoms with Crippen molar-refractivity contribution in [1.82, 2.24) is 10.2 Å². The van der Waals surface area contributed by atoms with Gasteiger partial charge in [-0.25, -0.2) is 0 Å². The van der Waals surface area contributed by atoms with Crippen LogP contribution in [0.25, 0.3) is 0 Å². The van der Waals surface area contributed by atoms with Gasteiger partial charge in [0.25, 0.3) is 0 Å². The van der Waals surface area contributed by atoms with Crippen LogP contribution in [0.5, 0.6) is 0 Å². The highest BCUT2D eigenvalue weighted by Gasteiger charge is 2.11. The number of aromatic nitrogens is 2. The maximum absolute atomic E-state index is 9.23. The third kappa shape index (κ3) is 1.69. The first-order valence-corrected chi connectivity index (χ1v) is 3.34. The van der Waals surface area contributed by atoms with Crippen LogP contribution in [0.2, 0.25) is 0 Å². The number of anilines is 1. The molecule has 0 radical (unpaired) electrons. The maximum atomic E-state index is 9.23. The summed E-state index contributed by atoms with van der Waals surface area (Å²) >= 11 is 0. The van der Waals surface area contributed by atoms with Crippen molar-refractivity contribution in [1.29, 1.82) is 0 Å². The first-order chi connectivity index (χ1) is 5.25. The average Bonchev–Trinajstić information content (AvgIpc) is 2.36. The Labute approximate surface area is 64.2 Å². The van der Waals surface area contributed by atoms with E-state index >= 15 is 0 Å². The van der Waals surface area contributed by atoms with Gasteiger partial charge in [-0.15, -0.1) is 0 Å². The van der Waals surface area contributed by atoms with E-state index < -0.39 is 6.29 Å². The molecule has 1 unspecified atom stereocenters. The van der Waals surface area contributed by atoms with Crippen LogP contribution < -0.4 is 5.73 Å². The summed E-state index contributed by atoms with van der Waals surface area (Å²) in [4.78, 5) is 0. The molecule has 0 saturated heterocycles. The SMILES string of the molecule is CCOC(O)c1c[nH]nc1N. The van der Waals surface area contributed by atoms with Gasteiger partial charge in [-0.05, 0) is 6.92 Å². The van der Waals surface area contributed by atoms with Crippen LogP contribution in [0.1, 0.15) is 18.8 Å². The molecule has 0 saturated carbocycles. The second-order valence-electron chi connectivity index (χ2n) is 2.03. The number of hydrogen-bond acceptors (Lipinski definition) is 4. The molecular weight excluding hydrogens is 146 g/mol. The van der Waals surface area contributed by atoms with Crippen molar-refractivity contribution in [2.45, 2.75) is 13.2 Å². The molecule has 4 N–H and O–H groups in total. The standard InChI is InChI=1S/C6H11N3O2/c1-2-11-6(10)4-3-8-9-5(4)7/h3,6,10H,2H2,1H3,(H3,7,8,9). The monoisotopic (exact) mass is 157 g/mol. The third-order valence-corrected chi connectivity index (χ3v) is 1.29. The molecular formula is C6H11N3O2. The highest BCUT2D eigenvalue weighted by atomic mass is 16.6. The van der Waals surface area contributed by atoms with Crippen molar-refractivity contribution in [3.8, 4) is 0 Å². The van der Waals surface area contributed by atoms with E-state index in [2.05, 4.69) is 10.2 Å². The molecule has 1 atom stereocenters. The van der Waals surface area contributed by atoms with Gasteiger partial charge in [-0.3, -0.25) is 5.10 Å². The summed E-state index contributed by atoms with van der Waals surface area (Å²) < 4.78 is 4.88. The molecule has 0 aliphatic rings. The summed E-state index contributed by atoms with van der Waals surface area (Å²) in [7, 11) is 0. The van der Waals surface area contributed by atoms with Gasteiger partial charge in [-0.2, -0.15) is 5.10 Å². The number of aromatic amines is 1. The smallest absolute Gasteiger partial charge is 0.186 e. The minimum absolute atomic E-state index is 0.269. The molecule has 0 fully saturated rings. The molecule has 1 aromatic heterocycles. The number of nitrogen functional groups attached to an aromatic ring is 1. The number of nitrogens with zero attached hydrogens (tertiary/aromatic N) is 1. The Morgan fingerprint density at radius 2 is 2.64 bits per heavy atom. The van der Waals surface area contributed by atoms with Crippen molar-refractivity contribution in [3.05, 3.63) is 11.8 Å². The van der Waals surface area contributed by atoms with E-state index in [1.54, 1.807) is 6.92 Å². The topological polar surface area (TPSA) is 84.2 Å². The number of aliphatic hydroxyl groups is 1. The zero-order chi connectivity index (χ0) is 8.27. The number of rotatable bonds is 3. The van der Waals surface area contributed by atoms with E-state index in [0.717, 1.165) is 0 Å². The second-order valence-corrected chi connectivity index (χ2v) is 2.03. The Kier molecular flexibility index (Phi) is 2.45. The molecule has 0 aliphatic carbocycles. The van der Waals surface area contributed by atoms with Gasteiger partial charge in [0, 0.05) is 12.8 Å². The summed E-state index contributed by atoms with van der Waals surface area (Å²) in [6.45, 7) is 2.23. The van der Waals surface area contributed by atoms with Crippen molar-refractivity contribution in [2.24, 2.45) is 0 Å². The molecule has 1 aromatic rings. The van der Waals surface area contributed by atoms with Gasteiger partial charge in [0.15, 0.2) is 12.1 Å². The lowest BCUT2D eigenvalue weighted by Crippen LogP contribution is -2.04. The van der Waals surface area contributed by atoms with Crippen LogP contribution in [-0.2, 0) is 4.74 Å². The Bertz CT molecular complexity index is 223. The van der Waals surface area contributed by atoms with E-state index in [1.165, 1.54) is 6.20 Å². The van der Waals surface area contributed by atoms with Crippen LogP contribution >= 0.6 is 0 Å². The van der Waals surface area contributed by atoms with Crippen LogP contribution in [-0.4, -0.2) is 21.9 Å². The van der Waals surface area contributed by atoms with Crippen molar-refractivity contribution < 1.29 is 9.84 Å². The quantitative estimate of drug-likeness (QED) is 0.540. The van der Waals surface area contributed by atoms with Crippen molar-refractivity contribution >= 4 is 5.82 Å². The van der Waals surface area contributed by atoms with Crippen molar-refractivity contribution in [3.63, 3.8) is 0 Å². The molecule has 0 aliphatic heterocycles. The molecule has 0 amide bonds. The lowest BCUT2D eigenvalue weighted by atomic mass is 10.3. The molecule has 11 heavy (non-hydrogen) atoms. The van der Waals surface area contributed by atoms with E-state index in [9.17, 15) is 5.11 Å². The Balaban J connectivity index is 2.67. The van der Waals surface area contributed by atoms with Crippen molar-refractivity contribution in [2.75, 3.05) is 12.3 Å². The van der Waals surface area contributed by atoms with Gasteiger partial charge < -0.3 is 15.6 Å². The van der Waals surface area contributed by atoms with Gasteiger partial charge in [0.05, 0.1) is 5.56 Å². The Morgan fingerprint density at radius 1 is 1.91 bits per heavy atom. The fraction of sp³-hybridized carbons (Fsp3) is 0.500. The molecule has 1 heterocycles. The molecule has 62 valence electrons. The zero-order valence-corrected chi connectivity index (χ0v) is 6.24.